The molecule has 4 nitrogen and oxygen atoms in total. The van der Waals surface area contributed by atoms with Gasteiger partial charge in [0, 0.05) is 17.5 Å². The average molecular weight is 324 g/mol. The molecule has 0 spiro atoms. The molecular weight excluding hydrogens is 294 g/mol. The van der Waals surface area contributed by atoms with Crippen LogP contribution in [-0.4, -0.2) is 36.6 Å². The Labute approximate surface area is 138 Å². The Morgan fingerprint density at radius 3 is 2.64 bits per heavy atom. The van der Waals surface area contributed by atoms with Crippen molar-refractivity contribution in [2.75, 3.05) is 19.6 Å². The van der Waals surface area contributed by atoms with Gasteiger partial charge >= 0.3 is 6.03 Å². The second-order valence-electron chi connectivity index (χ2n) is 6.15. The van der Waals surface area contributed by atoms with Gasteiger partial charge < -0.3 is 10.6 Å². The molecule has 0 aliphatic carbocycles. The summed E-state index contributed by atoms with van der Waals surface area (Å²) in [4.78, 5) is 15.9. The van der Waals surface area contributed by atoms with Crippen molar-refractivity contribution in [3.8, 4) is 0 Å². The predicted molar refractivity (Wildman–Crippen MR) is 93.4 cm³/mol. The number of nitrogens with one attached hydrogen (secondary N) is 2. The molecule has 2 rings (SSSR count). The largest absolute Gasteiger partial charge is 0.336 e. The van der Waals surface area contributed by atoms with E-state index < -0.39 is 0 Å². The van der Waals surface area contributed by atoms with Gasteiger partial charge in [0.25, 0.3) is 0 Å². The third kappa shape index (κ3) is 5.29. The normalized spacial score (nSPS) is 19.2. The fraction of sp³-hybridized carbons (Fsp3) is 0.706. The molecule has 0 radical (unpaired) electrons. The Balaban J connectivity index is 1.94. The third-order valence-electron chi connectivity index (χ3n) is 4.40. The second-order valence-corrected chi connectivity index (χ2v) is 7.12. The van der Waals surface area contributed by atoms with Gasteiger partial charge in [-0.05, 0) is 50.7 Å². The number of likely N-dealkylation sites (tertiary alicyclic amines) is 1. The van der Waals surface area contributed by atoms with Crippen molar-refractivity contribution in [1.82, 2.24) is 15.5 Å². The van der Waals surface area contributed by atoms with E-state index in [9.17, 15) is 4.79 Å². The van der Waals surface area contributed by atoms with Crippen LogP contribution in [0, 0.1) is 0 Å². The molecule has 5 heteroatoms. The Hall–Kier alpha value is -1.07. The van der Waals surface area contributed by atoms with Crippen molar-refractivity contribution in [1.29, 1.82) is 0 Å². The summed E-state index contributed by atoms with van der Waals surface area (Å²) in [6.45, 7) is 7.07. The van der Waals surface area contributed by atoms with Crippen LogP contribution in [0.15, 0.2) is 17.5 Å². The summed E-state index contributed by atoms with van der Waals surface area (Å²) < 4.78 is 0. The number of carbonyl (C=O) groups excluding carboxylic acids is 1. The molecule has 1 aromatic rings. The first kappa shape index (κ1) is 17.3. The van der Waals surface area contributed by atoms with E-state index in [4.69, 9.17) is 0 Å². The van der Waals surface area contributed by atoms with E-state index in [0.29, 0.717) is 12.6 Å². The number of urea groups is 1. The van der Waals surface area contributed by atoms with Gasteiger partial charge in [-0.2, -0.15) is 0 Å². The predicted octanol–water partition coefficient (Wildman–Crippen LogP) is 3.76. The molecule has 2 amide bonds. The monoisotopic (exact) mass is 323 g/mol. The first-order valence-electron chi connectivity index (χ1n) is 8.52. The number of hydrogen-bond acceptors (Lipinski definition) is 3. The van der Waals surface area contributed by atoms with Crippen LogP contribution in [0.5, 0.6) is 0 Å². The van der Waals surface area contributed by atoms with Crippen LogP contribution in [0.2, 0.25) is 0 Å². The van der Waals surface area contributed by atoms with Gasteiger partial charge in [-0.1, -0.05) is 25.8 Å². The maximum atomic E-state index is 12.0. The molecule has 0 saturated carbocycles. The standard InChI is InChI=1S/C17H29N3OS/c1-3-14(2)19-17(21)18-13-15(16-9-8-12-22-16)20-10-6-4-5-7-11-20/h8-9,12,14-15H,3-7,10-11,13H2,1-2H3,(H2,18,19,21). The van der Waals surface area contributed by atoms with Gasteiger partial charge in [-0.3, -0.25) is 4.90 Å². The number of hydrogen-bond donors (Lipinski definition) is 2. The van der Waals surface area contributed by atoms with Crippen molar-refractivity contribution >= 4 is 17.4 Å². The summed E-state index contributed by atoms with van der Waals surface area (Å²) >= 11 is 1.79. The Morgan fingerprint density at radius 1 is 1.32 bits per heavy atom. The van der Waals surface area contributed by atoms with E-state index in [1.165, 1.54) is 30.6 Å². The van der Waals surface area contributed by atoms with Crippen LogP contribution in [-0.2, 0) is 0 Å². The lowest BCUT2D eigenvalue weighted by atomic mass is 10.2. The molecule has 124 valence electrons. The highest BCUT2D eigenvalue weighted by Gasteiger charge is 2.23. The van der Waals surface area contributed by atoms with Crippen molar-refractivity contribution in [3.63, 3.8) is 0 Å². The Morgan fingerprint density at radius 2 is 2.05 bits per heavy atom. The molecule has 2 N–H and O–H groups in total. The zero-order valence-corrected chi connectivity index (χ0v) is 14.6. The Kier molecular flexibility index (Phi) is 7.19. The smallest absolute Gasteiger partial charge is 0.315 e. The second kappa shape index (κ2) is 9.16. The van der Waals surface area contributed by atoms with E-state index >= 15 is 0 Å². The van der Waals surface area contributed by atoms with E-state index in [0.717, 1.165) is 19.5 Å². The van der Waals surface area contributed by atoms with Crippen LogP contribution in [0.4, 0.5) is 4.79 Å². The van der Waals surface area contributed by atoms with Gasteiger partial charge in [0.15, 0.2) is 0 Å². The SMILES string of the molecule is CCC(C)NC(=O)NCC(c1cccs1)N1CCCCCC1. The number of amides is 2. The number of nitrogens with zero attached hydrogens (tertiary/aromatic N) is 1. The first-order valence-corrected chi connectivity index (χ1v) is 9.40. The van der Waals surface area contributed by atoms with Crippen LogP contribution in [0.25, 0.3) is 0 Å². The highest BCUT2D eigenvalue weighted by Crippen LogP contribution is 2.27. The molecule has 1 saturated heterocycles. The zero-order chi connectivity index (χ0) is 15.8. The zero-order valence-electron chi connectivity index (χ0n) is 13.8. The highest BCUT2D eigenvalue weighted by atomic mass is 32.1. The number of rotatable bonds is 6. The summed E-state index contributed by atoms with van der Waals surface area (Å²) in [6.07, 6.45) is 6.14. The van der Waals surface area contributed by atoms with E-state index in [2.05, 4.69) is 40.0 Å². The minimum absolute atomic E-state index is 0.0503. The van der Waals surface area contributed by atoms with Crippen LogP contribution < -0.4 is 10.6 Å². The maximum Gasteiger partial charge on any atom is 0.315 e. The summed E-state index contributed by atoms with van der Waals surface area (Å²) in [5.41, 5.74) is 0. The Bertz CT molecular complexity index is 427. The van der Waals surface area contributed by atoms with Gasteiger partial charge in [-0.25, -0.2) is 4.79 Å². The summed E-state index contributed by atoms with van der Waals surface area (Å²) in [5.74, 6) is 0. The summed E-state index contributed by atoms with van der Waals surface area (Å²) in [7, 11) is 0. The molecular formula is C17H29N3OS. The molecule has 2 atom stereocenters. The molecule has 2 unspecified atom stereocenters. The van der Waals surface area contributed by atoms with Crippen molar-refractivity contribution in [2.24, 2.45) is 0 Å². The summed E-state index contributed by atoms with van der Waals surface area (Å²) in [5, 5.41) is 8.17. The van der Waals surface area contributed by atoms with Gasteiger partial charge in [0.05, 0.1) is 6.04 Å². The fourth-order valence-corrected chi connectivity index (χ4v) is 3.72. The molecule has 0 aromatic carbocycles. The molecule has 1 fully saturated rings. The summed E-state index contributed by atoms with van der Waals surface area (Å²) in [6, 6.07) is 4.77. The lowest BCUT2D eigenvalue weighted by molar-refractivity contribution is 0.197. The molecule has 22 heavy (non-hydrogen) atoms. The first-order chi connectivity index (χ1) is 10.7. The van der Waals surface area contributed by atoms with E-state index in [1.54, 1.807) is 11.3 Å². The van der Waals surface area contributed by atoms with Crippen molar-refractivity contribution in [2.45, 2.75) is 58.0 Å². The lowest BCUT2D eigenvalue weighted by Crippen LogP contribution is -2.44. The van der Waals surface area contributed by atoms with E-state index in [1.807, 2.05) is 6.92 Å². The molecule has 0 bridgehead atoms. The molecule has 1 aliphatic heterocycles. The maximum absolute atomic E-state index is 12.0. The topological polar surface area (TPSA) is 44.4 Å². The number of carbonyl (C=O) groups is 1. The minimum atomic E-state index is -0.0503. The van der Waals surface area contributed by atoms with Crippen molar-refractivity contribution < 1.29 is 4.79 Å². The van der Waals surface area contributed by atoms with Crippen molar-refractivity contribution in [3.05, 3.63) is 22.4 Å². The van der Waals surface area contributed by atoms with Crippen LogP contribution in [0.3, 0.4) is 0 Å². The van der Waals surface area contributed by atoms with Crippen LogP contribution in [0.1, 0.15) is 56.9 Å². The highest BCUT2D eigenvalue weighted by molar-refractivity contribution is 7.10. The third-order valence-corrected chi connectivity index (χ3v) is 5.37. The molecule has 2 heterocycles. The van der Waals surface area contributed by atoms with Crippen LogP contribution >= 0.6 is 11.3 Å². The van der Waals surface area contributed by atoms with Gasteiger partial charge in [0.2, 0.25) is 0 Å². The quantitative estimate of drug-likeness (QED) is 0.837. The minimum Gasteiger partial charge on any atom is -0.336 e. The molecule has 1 aromatic heterocycles. The average Bonchev–Trinajstić information content (AvgIpc) is 2.90. The lowest BCUT2D eigenvalue weighted by Gasteiger charge is -2.30. The molecule has 1 aliphatic rings. The van der Waals surface area contributed by atoms with Gasteiger partial charge in [-0.15, -0.1) is 11.3 Å². The fourth-order valence-electron chi connectivity index (χ4n) is 2.86. The number of thiophene rings is 1. The van der Waals surface area contributed by atoms with E-state index in [-0.39, 0.29) is 12.1 Å². The van der Waals surface area contributed by atoms with Gasteiger partial charge in [0.1, 0.15) is 0 Å².